The lowest BCUT2D eigenvalue weighted by molar-refractivity contribution is -0.384. The number of carbonyl (C=O) groups excluding carboxylic acids is 2. The number of nitro groups is 1. The van der Waals surface area contributed by atoms with Crippen molar-refractivity contribution in [3.63, 3.8) is 0 Å². The predicted molar refractivity (Wildman–Crippen MR) is 97.5 cm³/mol. The number of rotatable bonds is 8. The van der Waals surface area contributed by atoms with Crippen molar-refractivity contribution in [1.82, 2.24) is 5.32 Å². The van der Waals surface area contributed by atoms with Crippen LogP contribution in [0.25, 0.3) is 0 Å². The third-order valence-corrected chi connectivity index (χ3v) is 3.84. The molecular formula is C19H20N2O6. The van der Waals surface area contributed by atoms with Crippen molar-refractivity contribution in [3.05, 3.63) is 69.8 Å². The molecule has 2 rings (SSSR count). The van der Waals surface area contributed by atoms with Crippen LogP contribution in [-0.2, 0) is 9.53 Å². The molecule has 2 aromatic rings. The van der Waals surface area contributed by atoms with Gasteiger partial charge in [-0.3, -0.25) is 19.7 Å². The van der Waals surface area contributed by atoms with E-state index in [1.165, 1.54) is 24.3 Å². The fourth-order valence-electron chi connectivity index (χ4n) is 2.45. The number of hydrogen-bond donors (Lipinski definition) is 1. The highest BCUT2D eigenvalue weighted by Crippen LogP contribution is 2.22. The molecule has 0 bridgehead atoms. The van der Waals surface area contributed by atoms with Crippen LogP contribution in [0.2, 0.25) is 0 Å². The van der Waals surface area contributed by atoms with Crippen LogP contribution in [0.15, 0.2) is 48.5 Å². The van der Waals surface area contributed by atoms with E-state index in [9.17, 15) is 19.7 Å². The second-order valence-corrected chi connectivity index (χ2v) is 5.61. The van der Waals surface area contributed by atoms with Gasteiger partial charge in [-0.25, -0.2) is 0 Å². The molecule has 2 aromatic carbocycles. The van der Waals surface area contributed by atoms with Crippen molar-refractivity contribution in [2.75, 3.05) is 13.7 Å². The summed E-state index contributed by atoms with van der Waals surface area (Å²) in [5.74, 6) is -0.243. The van der Waals surface area contributed by atoms with Gasteiger partial charge in [-0.2, -0.15) is 0 Å². The first-order valence-electron chi connectivity index (χ1n) is 8.29. The summed E-state index contributed by atoms with van der Waals surface area (Å²) in [6.07, 6.45) is -0.0428. The summed E-state index contributed by atoms with van der Waals surface area (Å²) in [5.41, 5.74) is 0.854. The number of hydrogen-bond acceptors (Lipinski definition) is 6. The molecular weight excluding hydrogens is 352 g/mol. The Morgan fingerprint density at radius 1 is 1.11 bits per heavy atom. The van der Waals surface area contributed by atoms with E-state index in [2.05, 4.69) is 5.32 Å². The van der Waals surface area contributed by atoms with Gasteiger partial charge in [0.25, 0.3) is 11.6 Å². The van der Waals surface area contributed by atoms with Crippen molar-refractivity contribution >= 4 is 17.6 Å². The van der Waals surface area contributed by atoms with Gasteiger partial charge in [-0.05, 0) is 36.8 Å². The molecule has 0 radical (unpaired) electrons. The Bertz CT molecular complexity index is 802. The summed E-state index contributed by atoms with van der Waals surface area (Å²) in [6.45, 7) is 1.94. The average molecular weight is 372 g/mol. The molecule has 0 unspecified atom stereocenters. The topological polar surface area (TPSA) is 108 Å². The second kappa shape index (κ2) is 9.33. The Morgan fingerprint density at radius 2 is 1.74 bits per heavy atom. The van der Waals surface area contributed by atoms with Crippen molar-refractivity contribution in [3.8, 4) is 5.75 Å². The Hall–Kier alpha value is -3.42. The summed E-state index contributed by atoms with van der Waals surface area (Å²) in [5, 5.41) is 13.5. The number of benzene rings is 2. The van der Waals surface area contributed by atoms with E-state index in [-0.39, 0.29) is 24.3 Å². The fraction of sp³-hybridized carbons (Fsp3) is 0.263. The van der Waals surface area contributed by atoms with Crippen molar-refractivity contribution in [1.29, 1.82) is 0 Å². The third kappa shape index (κ3) is 5.53. The van der Waals surface area contributed by atoms with Crippen molar-refractivity contribution in [2.45, 2.75) is 19.4 Å². The van der Waals surface area contributed by atoms with E-state index in [1.54, 1.807) is 38.3 Å². The largest absolute Gasteiger partial charge is 0.497 e. The first-order chi connectivity index (χ1) is 12.9. The van der Waals surface area contributed by atoms with Gasteiger partial charge in [0.15, 0.2) is 0 Å². The zero-order chi connectivity index (χ0) is 19.8. The first-order valence-corrected chi connectivity index (χ1v) is 8.29. The maximum atomic E-state index is 12.5. The minimum absolute atomic E-state index is 0.0428. The molecule has 0 spiro atoms. The number of carbonyl (C=O) groups is 2. The van der Waals surface area contributed by atoms with Crippen LogP contribution in [0.3, 0.4) is 0 Å². The lowest BCUT2D eigenvalue weighted by atomic mass is 10.0. The number of methoxy groups -OCH3 is 1. The van der Waals surface area contributed by atoms with Gasteiger partial charge >= 0.3 is 5.97 Å². The molecule has 27 heavy (non-hydrogen) atoms. The Morgan fingerprint density at radius 3 is 2.26 bits per heavy atom. The molecule has 1 amide bonds. The first kappa shape index (κ1) is 19.9. The highest BCUT2D eigenvalue weighted by molar-refractivity contribution is 5.95. The number of nitro benzene ring substituents is 1. The zero-order valence-corrected chi connectivity index (χ0v) is 15.0. The van der Waals surface area contributed by atoms with E-state index >= 15 is 0 Å². The standard InChI is InChI=1S/C19H20N2O6/c1-3-27-18(22)12-17(13-6-10-16(26-2)11-7-13)20-19(23)14-4-8-15(9-5-14)21(24)25/h4-11,17H,3,12H2,1-2H3,(H,20,23)/t17-/m1/s1. The molecule has 8 nitrogen and oxygen atoms in total. The highest BCUT2D eigenvalue weighted by atomic mass is 16.6. The van der Waals surface area contributed by atoms with Gasteiger partial charge in [0.1, 0.15) is 5.75 Å². The van der Waals surface area contributed by atoms with E-state index in [4.69, 9.17) is 9.47 Å². The van der Waals surface area contributed by atoms with Gasteiger partial charge in [-0.15, -0.1) is 0 Å². The zero-order valence-electron chi connectivity index (χ0n) is 15.0. The minimum atomic E-state index is -0.613. The average Bonchev–Trinajstić information content (AvgIpc) is 2.67. The molecule has 0 aliphatic rings. The molecule has 1 N–H and O–H groups in total. The summed E-state index contributed by atoms with van der Waals surface area (Å²) in [7, 11) is 1.54. The maximum absolute atomic E-state index is 12.5. The normalized spacial score (nSPS) is 11.3. The number of non-ortho nitro benzene ring substituents is 1. The summed E-state index contributed by atoms with van der Waals surface area (Å²) in [6, 6.07) is 11.6. The number of esters is 1. The minimum Gasteiger partial charge on any atom is -0.497 e. The predicted octanol–water partition coefficient (Wildman–Crippen LogP) is 3.03. The van der Waals surface area contributed by atoms with E-state index < -0.39 is 22.8 Å². The molecule has 0 aromatic heterocycles. The SMILES string of the molecule is CCOC(=O)C[C@@H](NC(=O)c1ccc([N+](=O)[O-])cc1)c1ccc(OC)cc1. The van der Waals surface area contributed by atoms with Crippen LogP contribution in [0.1, 0.15) is 35.3 Å². The second-order valence-electron chi connectivity index (χ2n) is 5.61. The van der Waals surface area contributed by atoms with E-state index in [0.717, 1.165) is 0 Å². The van der Waals surface area contributed by atoms with Crippen LogP contribution in [-0.4, -0.2) is 30.5 Å². The smallest absolute Gasteiger partial charge is 0.308 e. The van der Waals surface area contributed by atoms with Gasteiger partial charge in [-0.1, -0.05) is 12.1 Å². The number of nitrogens with zero attached hydrogens (tertiary/aromatic N) is 1. The van der Waals surface area contributed by atoms with Crippen molar-refractivity contribution < 1.29 is 24.0 Å². The summed E-state index contributed by atoms with van der Waals surface area (Å²) in [4.78, 5) is 34.6. The van der Waals surface area contributed by atoms with E-state index in [1.807, 2.05) is 0 Å². The van der Waals surface area contributed by atoms with Crippen LogP contribution in [0, 0.1) is 10.1 Å². The van der Waals surface area contributed by atoms with Crippen LogP contribution >= 0.6 is 0 Å². The summed E-state index contributed by atoms with van der Waals surface area (Å²) >= 11 is 0. The van der Waals surface area contributed by atoms with Gasteiger partial charge in [0, 0.05) is 17.7 Å². The van der Waals surface area contributed by atoms with Gasteiger partial charge in [0.2, 0.25) is 0 Å². The lowest BCUT2D eigenvalue weighted by Crippen LogP contribution is -2.30. The molecule has 0 heterocycles. The Balaban J connectivity index is 2.19. The molecule has 0 aliphatic heterocycles. The number of amides is 1. The third-order valence-electron chi connectivity index (χ3n) is 3.84. The quantitative estimate of drug-likeness (QED) is 0.433. The summed E-state index contributed by atoms with van der Waals surface area (Å²) < 4.78 is 10.1. The number of nitrogens with one attached hydrogen (secondary N) is 1. The van der Waals surface area contributed by atoms with Gasteiger partial charge < -0.3 is 14.8 Å². The van der Waals surface area contributed by atoms with Crippen LogP contribution in [0.5, 0.6) is 5.75 Å². The molecule has 8 heteroatoms. The molecule has 142 valence electrons. The van der Waals surface area contributed by atoms with Crippen molar-refractivity contribution in [2.24, 2.45) is 0 Å². The molecule has 0 fully saturated rings. The maximum Gasteiger partial charge on any atom is 0.308 e. The highest BCUT2D eigenvalue weighted by Gasteiger charge is 2.20. The van der Waals surface area contributed by atoms with Gasteiger partial charge in [0.05, 0.1) is 31.1 Å². The molecule has 0 aliphatic carbocycles. The monoisotopic (exact) mass is 372 g/mol. The fourth-order valence-corrected chi connectivity index (χ4v) is 2.45. The molecule has 0 saturated carbocycles. The Labute approximate surface area is 156 Å². The Kier molecular flexibility index (Phi) is 6.87. The lowest BCUT2D eigenvalue weighted by Gasteiger charge is -2.19. The van der Waals surface area contributed by atoms with Crippen LogP contribution in [0.4, 0.5) is 5.69 Å². The van der Waals surface area contributed by atoms with E-state index in [0.29, 0.717) is 11.3 Å². The van der Waals surface area contributed by atoms with Crippen LogP contribution < -0.4 is 10.1 Å². The molecule has 1 atom stereocenters. The molecule has 0 saturated heterocycles. The number of ether oxygens (including phenoxy) is 2.